The lowest BCUT2D eigenvalue weighted by molar-refractivity contribution is 0.581. The molecule has 0 atom stereocenters. The van der Waals surface area contributed by atoms with Gasteiger partial charge in [0.2, 0.25) is 10.0 Å². The number of aryl methyl sites for hydroxylation is 3. The zero-order valence-corrected chi connectivity index (χ0v) is 13.5. The molecule has 0 unspecified atom stereocenters. The van der Waals surface area contributed by atoms with Gasteiger partial charge in [0, 0.05) is 22.0 Å². The van der Waals surface area contributed by atoms with Crippen LogP contribution in [0.15, 0.2) is 29.2 Å². The molecule has 21 heavy (non-hydrogen) atoms. The van der Waals surface area contributed by atoms with Crippen LogP contribution in [-0.4, -0.2) is 8.42 Å². The molecule has 0 bridgehead atoms. The summed E-state index contributed by atoms with van der Waals surface area (Å²) in [5.41, 5.74) is 8.41. The van der Waals surface area contributed by atoms with E-state index in [4.69, 9.17) is 5.73 Å². The van der Waals surface area contributed by atoms with Gasteiger partial charge in [-0.15, -0.1) is 11.3 Å². The first-order valence-corrected chi connectivity index (χ1v) is 9.21. The number of nitrogen functional groups attached to an aromatic ring is 1. The number of nitrogens with one attached hydrogen (secondary N) is 1. The Hall–Kier alpha value is -1.37. The number of anilines is 1. The van der Waals surface area contributed by atoms with Crippen molar-refractivity contribution in [3.8, 4) is 0 Å². The van der Waals surface area contributed by atoms with Crippen LogP contribution in [0.5, 0.6) is 0 Å². The summed E-state index contributed by atoms with van der Waals surface area (Å²) in [7, 11) is -3.52. The highest BCUT2D eigenvalue weighted by molar-refractivity contribution is 7.89. The molecule has 3 rings (SSSR count). The first kappa shape index (κ1) is 14.6. The first-order valence-electron chi connectivity index (χ1n) is 6.91. The molecule has 0 radical (unpaired) electrons. The maximum atomic E-state index is 12.3. The molecule has 0 saturated carbocycles. The number of benzene rings is 1. The molecule has 1 aliphatic rings. The molecule has 2 aromatic rings. The highest BCUT2D eigenvalue weighted by atomic mass is 32.2. The molecular formula is C15H18N2O2S2. The Kier molecular flexibility index (Phi) is 3.77. The van der Waals surface area contributed by atoms with E-state index in [-0.39, 0.29) is 4.90 Å². The van der Waals surface area contributed by atoms with Gasteiger partial charge in [-0.2, -0.15) is 0 Å². The quantitative estimate of drug-likeness (QED) is 0.850. The molecule has 6 heteroatoms. The van der Waals surface area contributed by atoms with Gasteiger partial charge in [0.1, 0.15) is 0 Å². The second kappa shape index (κ2) is 5.44. The normalized spacial score (nSPS) is 14.3. The Morgan fingerprint density at radius 3 is 2.76 bits per heavy atom. The van der Waals surface area contributed by atoms with E-state index in [1.54, 1.807) is 23.5 Å². The number of hydrogen-bond donors (Lipinski definition) is 2. The summed E-state index contributed by atoms with van der Waals surface area (Å²) in [4.78, 5) is 2.71. The highest BCUT2D eigenvalue weighted by Crippen LogP contribution is 2.30. The molecule has 4 nitrogen and oxygen atoms in total. The molecule has 0 aliphatic heterocycles. The Morgan fingerprint density at radius 2 is 2.05 bits per heavy atom. The number of thiophene rings is 1. The van der Waals surface area contributed by atoms with Gasteiger partial charge >= 0.3 is 0 Å². The smallest absolute Gasteiger partial charge is 0.240 e. The third-order valence-electron chi connectivity index (χ3n) is 3.62. The van der Waals surface area contributed by atoms with Gasteiger partial charge in [-0.05, 0) is 61.6 Å². The van der Waals surface area contributed by atoms with Crippen LogP contribution in [-0.2, 0) is 29.4 Å². The fourth-order valence-corrected chi connectivity index (χ4v) is 5.10. The molecule has 0 amide bonds. The minimum absolute atomic E-state index is 0.226. The topological polar surface area (TPSA) is 72.2 Å². The molecule has 0 spiro atoms. The number of nitrogens with two attached hydrogens (primary N) is 1. The van der Waals surface area contributed by atoms with Crippen molar-refractivity contribution < 1.29 is 8.42 Å². The van der Waals surface area contributed by atoms with Crippen molar-refractivity contribution in [3.63, 3.8) is 0 Å². The average Bonchev–Trinajstić information content (AvgIpc) is 2.95. The third kappa shape index (κ3) is 3.12. The van der Waals surface area contributed by atoms with E-state index >= 15 is 0 Å². The van der Waals surface area contributed by atoms with Crippen LogP contribution in [0.4, 0.5) is 5.69 Å². The molecule has 1 aliphatic carbocycles. The van der Waals surface area contributed by atoms with Crippen molar-refractivity contribution >= 4 is 27.0 Å². The van der Waals surface area contributed by atoms with Crippen LogP contribution in [0.2, 0.25) is 0 Å². The monoisotopic (exact) mass is 322 g/mol. The predicted octanol–water partition coefficient (Wildman–Crippen LogP) is 2.61. The van der Waals surface area contributed by atoms with Crippen molar-refractivity contribution in [2.45, 2.75) is 37.6 Å². The maximum absolute atomic E-state index is 12.3. The summed E-state index contributed by atoms with van der Waals surface area (Å²) in [5, 5.41) is 0. The largest absolute Gasteiger partial charge is 0.399 e. The second-order valence-corrected chi connectivity index (χ2v) is 8.41. The maximum Gasteiger partial charge on any atom is 0.240 e. The van der Waals surface area contributed by atoms with E-state index in [2.05, 4.69) is 10.8 Å². The fraction of sp³-hybridized carbons (Fsp3) is 0.333. The van der Waals surface area contributed by atoms with Crippen LogP contribution in [0.1, 0.15) is 27.3 Å². The zero-order valence-electron chi connectivity index (χ0n) is 11.8. The number of fused-ring (bicyclic) bond motifs is 1. The summed E-state index contributed by atoms with van der Waals surface area (Å²) in [6, 6.07) is 7.00. The van der Waals surface area contributed by atoms with Crippen LogP contribution in [0.3, 0.4) is 0 Å². The highest BCUT2D eigenvalue weighted by Gasteiger charge is 2.18. The summed E-state index contributed by atoms with van der Waals surface area (Å²) in [6.07, 6.45) is 3.46. The van der Waals surface area contributed by atoms with E-state index in [1.807, 2.05) is 6.92 Å². The van der Waals surface area contributed by atoms with Gasteiger partial charge in [-0.25, -0.2) is 13.1 Å². The molecule has 0 fully saturated rings. The van der Waals surface area contributed by atoms with Crippen molar-refractivity contribution in [1.82, 2.24) is 4.72 Å². The van der Waals surface area contributed by atoms with E-state index < -0.39 is 10.0 Å². The van der Waals surface area contributed by atoms with Crippen molar-refractivity contribution in [2.75, 3.05) is 5.73 Å². The fourth-order valence-electron chi connectivity index (χ4n) is 2.66. The number of rotatable bonds is 4. The van der Waals surface area contributed by atoms with Gasteiger partial charge < -0.3 is 5.73 Å². The van der Waals surface area contributed by atoms with Crippen LogP contribution < -0.4 is 10.5 Å². The van der Waals surface area contributed by atoms with Gasteiger partial charge in [0.05, 0.1) is 4.90 Å². The van der Waals surface area contributed by atoms with Crippen molar-refractivity contribution in [2.24, 2.45) is 0 Å². The summed E-state index contributed by atoms with van der Waals surface area (Å²) in [6.45, 7) is 2.17. The van der Waals surface area contributed by atoms with Gasteiger partial charge in [0.15, 0.2) is 0 Å². The molecule has 3 N–H and O–H groups in total. The lowest BCUT2D eigenvalue weighted by atomic mass is 10.2. The lowest BCUT2D eigenvalue weighted by Crippen LogP contribution is -2.23. The molecule has 112 valence electrons. The molecule has 1 aromatic carbocycles. The van der Waals surface area contributed by atoms with Gasteiger partial charge in [-0.1, -0.05) is 0 Å². The second-order valence-electron chi connectivity index (χ2n) is 5.42. The summed E-state index contributed by atoms with van der Waals surface area (Å²) in [5.74, 6) is 0. The molecule has 1 heterocycles. The SMILES string of the molecule is Cc1cc(N)cc(S(=O)(=O)NCc2cc3c(s2)CCC3)c1. The molecule has 0 saturated heterocycles. The Labute approximate surface area is 129 Å². The van der Waals surface area contributed by atoms with E-state index in [9.17, 15) is 8.42 Å². The van der Waals surface area contributed by atoms with Crippen LogP contribution in [0.25, 0.3) is 0 Å². The van der Waals surface area contributed by atoms with Crippen molar-refractivity contribution in [3.05, 3.63) is 45.1 Å². The first-order chi connectivity index (χ1) is 9.94. The number of sulfonamides is 1. The van der Waals surface area contributed by atoms with E-state index in [0.717, 1.165) is 23.3 Å². The molecular weight excluding hydrogens is 304 g/mol. The Balaban J connectivity index is 1.76. The van der Waals surface area contributed by atoms with Crippen LogP contribution >= 0.6 is 11.3 Å². The average molecular weight is 322 g/mol. The third-order valence-corrected chi connectivity index (χ3v) is 6.24. The van der Waals surface area contributed by atoms with E-state index in [0.29, 0.717) is 12.2 Å². The minimum Gasteiger partial charge on any atom is -0.399 e. The lowest BCUT2D eigenvalue weighted by Gasteiger charge is -2.07. The minimum atomic E-state index is -3.52. The summed E-state index contributed by atoms with van der Waals surface area (Å²) >= 11 is 1.71. The predicted molar refractivity (Wildman–Crippen MR) is 86.0 cm³/mol. The van der Waals surface area contributed by atoms with Gasteiger partial charge in [0.25, 0.3) is 0 Å². The van der Waals surface area contributed by atoms with Gasteiger partial charge in [-0.3, -0.25) is 0 Å². The molecule has 1 aromatic heterocycles. The summed E-state index contributed by atoms with van der Waals surface area (Å²) < 4.78 is 27.3. The Morgan fingerprint density at radius 1 is 1.24 bits per heavy atom. The number of hydrogen-bond acceptors (Lipinski definition) is 4. The Bertz CT molecular complexity index is 737. The van der Waals surface area contributed by atoms with E-state index in [1.165, 1.54) is 22.9 Å². The standard InChI is InChI=1S/C15H18N2O2S2/c1-10-5-12(16)8-14(6-10)21(18,19)17-9-13-7-11-3-2-4-15(11)20-13/h5-8,17H,2-4,9,16H2,1H3. The zero-order chi connectivity index (χ0) is 15.0. The van der Waals surface area contributed by atoms with Crippen LogP contribution in [0, 0.1) is 6.92 Å². The van der Waals surface area contributed by atoms with Crippen molar-refractivity contribution in [1.29, 1.82) is 0 Å².